The number of carbonyl (C=O) groups excluding carboxylic acids is 2. The number of para-hydroxylation sites is 1. The summed E-state index contributed by atoms with van der Waals surface area (Å²) in [5.74, 6) is -0.550. The number of fused-ring (bicyclic) bond motifs is 2. The molecule has 52 heavy (non-hydrogen) atoms. The van der Waals surface area contributed by atoms with E-state index in [1.165, 1.54) is 35.1 Å². The van der Waals surface area contributed by atoms with E-state index in [0.29, 0.717) is 38.6 Å². The standard InChI is InChI=1S/C38H36N4O9S/c1-6-49-31-18-25(14-17-30(31)51-21-33(43)48-5)35-34(37(45)50-7-2)22(3)39-38-41(35)36(44)32(52-38)19-28-23(4)40(29-11-9-8-10-27(28)29)20-24-12-15-26(16-13-24)42(46)47/h8-19,35H,6-7,20-21H2,1-5H3/b32-19-/t35-/m0/s1. The van der Waals surface area contributed by atoms with Crippen LogP contribution in [0.4, 0.5) is 5.69 Å². The van der Waals surface area contributed by atoms with Crippen LogP contribution in [0.2, 0.25) is 0 Å². The van der Waals surface area contributed by atoms with Gasteiger partial charge in [0.15, 0.2) is 22.9 Å². The van der Waals surface area contributed by atoms with E-state index in [1.807, 2.05) is 37.3 Å². The number of rotatable bonds is 12. The monoisotopic (exact) mass is 724 g/mol. The van der Waals surface area contributed by atoms with Gasteiger partial charge in [-0.15, -0.1) is 0 Å². The van der Waals surface area contributed by atoms with Crippen LogP contribution in [-0.4, -0.2) is 52.9 Å². The van der Waals surface area contributed by atoms with Crippen LogP contribution in [0.25, 0.3) is 17.0 Å². The zero-order valence-electron chi connectivity index (χ0n) is 29.2. The second kappa shape index (κ2) is 15.1. The van der Waals surface area contributed by atoms with Crippen molar-refractivity contribution in [2.45, 2.75) is 40.3 Å². The number of benzene rings is 3. The lowest BCUT2D eigenvalue weighted by Crippen LogP contribution is -2.40. The molecule has 0 N–H and O–H groups in total. The molecule has 0 amide bonds. The molecule has 1 aliphatic heterocycles. The van der Waals surface area contributed by atoms with Crippen LogP contribution in [0.3, 0.4) is 0 Å². The summed E-state index contributed by atoms with van der Waals surface area (Å²) in [6, 6.07) is 18.4. The molecule has 0 spiro atoms. The first-order valence-electron chi connectivity index (χ1n) is 16.5. The Bertz CT molecular complexity index is 2420. The molecule has 1 atom stereocenters. The average Bonchev–Trinajstić information content (AvgIpc) is 3.58. The van der Waals surface area contributed by atoms with E-state index >= 15 is 0 Å². The van der Waals surface area contributed by atoms with Crippen molar-refractivity contribution < 1.29 is 33.5 Å². The number of esters is 2. The maximum Gasteiger partial charge on any atom is 0.343 e. The number of thiazole rings is 1. The third kappa shape index (κ3) is 6.84. The van der Waals surface area contributed by atoms with E-state index < -0.39 is 22.9 Å². The maximum atomic E-state index is 14.5. The van der Waals surface area contributed by atoms with Gasteiger partial charge in [0.05, 0.1) is 47.1 Å². The van der Waals surface area contributed by atoms with E-state index in [1.54, 1.807) is 51.1 Å². The lowest BCUT2D eigenvalue weighted by Gasteiger charge is -2.25. The molecule has 268 valence electrons. The SMILES string of the molecule is CCOC(=O)C1=C(C)N=c2s/c(=C\c3c(C)n(Cc4ccc([N+](=O)[O-])cc4)c4ccccc34)c(=O)n2[C@H]1c1ccc(OCC(=O)OC)c(OCC)c1. The van der Waals surface area contributed by atoms with Gasteiger partial charge in [-0.05, 0) is 63.1 Å². The van der Waals surface area contributed by atoms with E-state index in [9.17, 15) is 24.5 Å². The van der Waals surface area contributed by atoms with Gasteiger partial charge in [0, 0.05) is 40.8 Å². The van der Waals surface area contributed by atoms with Crippen molar-refractivity contribution >= 4 is 45.9 Å². The summed E-state index contributed by atoms with van der Waals surface area (Å²) in [7, 11) is 1.26. The van der Waals surface area contributed by atoms with E-state index in [4.69, 9.17) is 23.9 Å². The van der Waals surface area contributed by atoms with Gasteiger partial charge in [-0.1, -0.05) is 47.7 Å². The van der Waals surface area contributed by atoms with Crippen molar-refractivity contribution in [1.29, 1.82) is 0 Å². The number of aromatic nitrogens is 2. The van der Waals surface area contributed by atoms with Crippen molar-refractivity contribution in [3.8, 4) is 11.5 Å². The van der Waals surface area contributed by atoms with Gasteiger partial charge in [0.25, 0.3) is 11.2 Å². The Morgan fingerprint density at radius 2 is 1.75 bits per heavy atom. The summed E-state index contributed by atoms with van der Waals surface area (Å²) in [5, 5.41) is 12.1. The Kier molecular flexibility index (Phi) is 10.4. The van der Waals surface area contributed by atoms with Crippen molar-refractivity contribution in [2.24, 2.45) is 4.99 Å². The normalized spacial score (nSPS) is 14.2. The first-order chi connectivity index (χ1) is 25.1. The highest BCUT2D eigenvalue weighted by Gasteiger charge is 2.34. The molecule has 0 radical (unpaired) electrons. The fourth-order valence-corrected chi connectivity index (χ4v) is 7.29. The zero-order chi connectivity index (χ0) is 37.1. The fourth-order valence-electron chi connectivity index (χ4n) is 6.27. The van der Waals surface area contributed by atoms with Crippen LogP contribution in [0.15, 0.2) is 87.8 Å². The number of ether oxygens (including phenoxy) is 4. The molecule has 6 rings (SSSR count). The summed E-state index contributed by atoms with van der Waals surface area (Å²) < 4.78 is 25.7. The van der Waals surface area contributed by atoms with Crippen molar-refractivity contribution in [3.63, 3.8) is 0 Å². The Hall–Kier alpha value is -6.02. The molecule has 1 aliphatic rings. The predicted molar refractivity (Wildman–Crippen MR) is 194 cm³/mol. The molecule has 3 aromatic carbocycles. The number of nitrogens with zero attached hydrogens (tertiary/aromatic N) is 4. The summed E-state index contributed by atoms with van der Waals surface area (Å²) >= 11 is 1.21. The fraction of sp³-hybridized carbons (Fsp3) is 0.263. The Morgan fingerprint density at radius 3 is 2.44 bits per heavy atom. The molecule has 0 unspecified atom stereocenters. The van der Waals surface area contributed by atoms with E-state index in [-0.39, 0.29) is 36.6 Å². The minimum Gasteiger partial charge on any atom is -0.490 e. The predicted octanol–water partition coefficient (Wildman–Crippen LogP) is 4.97. The average molecular weight is 725 g/mol. The molecule has 3 heterocycles. The molecule has 14 heteroatoms. The van der Waals surface area contributed by atoms with E-state index in [2.05, 4.69) is 4.57 Å². The summed E-state index contributed by atoms with van der Waals surface area (Å²) in [4.78, 5) is 55.7. The summed E-state index contributed by atoms with van der Waals surface area (Å²) in [5.41, 5.74) is 4.40. The van der Waals surface area contributed by atoms with Crippen LogP contribution in [0.1, 0.15) is 49.2 Å². The first kappa shape index (κ1) is 35.8. The van der Waals surface area contributed by atoms with Crippen LogP contribution >= 0.6 is 11.3 Å². The Balaban J connectivity index is 1.49. The molecule has 0 saturated heterocycles. The van der Waals surface area contributed by atoms with Gasteiger partial charge < -0.3 is 23.5 Å². The number of allylic oxidation sites excluding steroid dienone is 1. The van der Waals surface area contributed by atoms with Crippen LogP contribution in [0, 0.1) is 17.0 Å². The van der Waals surface area contributed by atoms with Crippen LogP contribution in [0.5, 0.6) is 11.5 Å². The third-order valence-electron chi connectivity index (χ3n) is 8.72. The lowest BCUT2D eigenvalue weighted by molar-refractivity contribution is -0.384. The second-order valence-corrected chi connectivity index (χ2v) is 12.8. The van der Waals surface area contributed by atoms with Gasteiger partial charge in [-0.25, -0.2) is 14.6 Å². The number of nitro groups is 1. The Morgan fingerprint density at radius 1 is 1.00 bits per heavy atom. The highest BCUT2D eigenvalue weighted by Crippen LogP contribution is 2.36. The largest absolute Gasteiger partial charge is 0.490 e. The zero-order valence-corrected chi connectivity index (χ0v) is 30.0. The third-order valence-corrected chi connectivity index (χ3v) is 9.70. The molecular formula is C38H36N4O9S. The van der Waals surface area contributed by atoms with Gasteiger partial charge >= 0.3 is 11.9 Å². The lowest BCUT2D eigenvalue weighted by atomic mass is 9.95. The topological polar surface area (TPSA) is 153 Å². The summed E-state index contributed by atoms with van der Waals surface area (Å²) in [6.07, 6.45) is 1.85. The van der Waals surface area contributed by atoms with Gasteiger partial charge in [0.2, 0.25) is 0 Å². The van der Waals surface area contributed by atoms with E-state index in [0.717, 1.165) is 27.7 Å². The van der Waals surface area contributed by atoms with Crippen LogP contribution < -0.4 is 24.4 Å². The van der Waals surface area contributed by atoms with Crippen molar-refractivity contribution in [3.05, 3.63) is 130 Å². The molecule has 0 aliphatic carbocycles. The van der Waals surface area contributed by atoms with Crippen molar-refractivity contribution in [2.75, 3.05) is 26.9 Å². The molecule has 2 aromatic heterocycles. The minimum atomic E-state index is -0.907. The first-order valence-corrected chi connectivity index (χ1v) is 17.3. The molecular weight excluding hydrogens is 689 g/mol. The van der Waals surface area contributed by atoms with Crippen molar-refractivity contribution in [1.82, 2.24) is 9.13 Å². The number of hydrogen-bond acceptors (Lipinski definition) is 11. The van der Waals surface area contributed by atoms with Gasteiger partial charge in [-0.2, -0.15) is 0 Å². The second-order valence-electron chi connectivity index (χ2n) is 11.8. The number of methoxy groups -OCH3 is 1. The number of carbonyl (C=O) groups is 2. The highest BCUT2D eigenvalue weighted by atomic mass is 32.1. The molecule has 13 nitrogen and oxygen atoms in total. The molecule has 0 bridgehead atoms. The smallest absolute Gasteiger partial charge is 0.343 e. The summed E-state index contributed by atoms with van der Waals surface area (Å²) in [6.45, 7) is 7.74. The number of nitro benzene ring substituents is 1. The quantitative estimate of drug-likeness (QED) is 0.0986. The number of hydrogen-bond donors (Lipinski definition) is 0. The minimum absolute atomic E-state index is 0.0190. The molecule has 5 aromatic rings. The van der Waals surface area contributed by atoms with Gasteiger partial charge in [-0.3, -0.25) is 19.5 Å². The number of non-ortho nitro benzene ring substituents is 1. The molecule has 0 fully saturated rings. The van der Waals surface area contributed by atoms with Crippen LogP contribution in [-0.2, 0) is 25.6 Å². The maximum absolute atomic E-state index is 14.5. The van der Waals surface area contributed by atoms with Gasteiger partial charge in [0.1, 0.15) is 0 Å². The highest BCUT2D eigenvalue weighted by molar-refractivity contribution is 7.07. The Labute approximate surface area is 301 Å². The molecule has 0 saturated carbocycles.